The minimum atomic E-state index is -0.398. The van der Waals surface area contributed by atoms with Crippen molar-refractivity contribution >= 4 is 11.0 Å². The van der Waals surface area contributed by atoms with Crippen molar-refractivity contribution < 1.29 is 0 Å². The van der Waals surface area contributed by atoms with Crippen LogP contribution in [0.2, 0.25) is 0 Å². The summed E-state index contributed by atoms with van der Waals surface area (Å²) in [6.45, 7) is 4.76. The van der Waals surface area contributed by atoms with Crippen LogP contribution in [0.4, 0.5) is 0 Å². The Hall–Kier alpha value is -5.99. The molecular weight excluding hydrogens is 593 g/mol. The Labute approximate surface area is 287 Å². The maximum atomic E-state index is 5.11. The molecule has 8 aromatic rings. The summed E-state index contributed by atoms with van der Waals surface area (Å²) in [6.07, 6.45) is 0. The van der Waals surface area contributed by atoms with Gasteiger partial charge in [-0.15, -0.1) is 0 Å². The third-order valence-corrected chi connectivity index (χ3v) is 11.1. The molecule has 2 nitrogen and oxygen atoms in total. The van der Waals surface area contributed by atoms with Gasteiger partial charge in [-0.3, -0.25) is 4.57 Å². The maximum Gasteiger partial charge on any atom is 0.145 e. The van der Waals surface area contributed by atoms with Crippen LogP contribution in [0.5, 0.6) is 0 Å². The largest absolute Gasteiger partial charge is 0.292 e. The number of hydrogen-bond acceptors (Lipinski definition) is 1. The average molecular weight is 627 g/mol. The van der Waals surface area contributed by atoms with E-state index >= 15 is 0 Å². The maximum absolute atomic E-state index is 5.11. The number of aromatic nitrogens is 2. The van der Waals surface area contributed by atoms with Crippen LogP contribution < -0.4 is 0 Å². The predicted octanol–water partition coefficient (Wildman–Crippen LogP) is 11.4. The summed E-state index contributed by atoms with van der Waals surface area (Å²) >= 11 is 0. The smallest absolute Gasteiger partial charge is 0.145 e. The van der Waals surface area contributed by atoms with Gasteiger partial charge in [0.25, 0.3) is 0 Å². The fourth-order valence-corrected chi connectivity index (χ4v) is 8.91. The van der Waals surface area contributed by atoms with E-state index in [1.54, 1.807) is 0 Å². The molecule has 1 aromatic heterocycles. The highest BCUT2D eigenvalue weighted by molar-refractivity contribution is 5.90. The first-order chi connectivity index (χ1) is 24.1. The van der Waals surface area contributed by atoms with E-state index in [9.17, 15) is 0 Å². The van der Waals surface area contributed by atoms with Crippen LogP contribution in [0.25, 0.3) is 50.4 Å². The van der Waals surface area contributed by atoms with E-state index in [-0.39, 0.29) is 5.41 Å². The standard InChI is InChI=1S/C47H34N2/c1-46(2)38-18-8-10-20-40(38)47(41-21-11-9-19-39(41)46)37-17-7-6-16-35(37)36-29-28-33(30-42(36)47)31-24-26-32(27-25-31)45-48-43-22-12-13-23-44(43)49(45)34-14-4-3-5-15-34/h3-30H,1-2H3. The van der Waals surface area contributed by atoms with Crippen molar-refractivity contribution in [3.05, 3.63) is 203 Å². The molecule has 2 aliphatic rings. The Balaban J connectivity index is 1.16. The first kappa shape index (κ1) is 28.1. The van der Waals surface area contributed by atoms with Gasteiger partial charge < -0.3 is 0 Å². The van der Waals surface area contributed by atoms with Gasteiger partial charge in [0.15, 0.2) is 0 Å². The van der Waals surface area contributed by atoms with Crippen molar-refractivity contribution in [2.45, 2.75) is 24.7 Å². The van der Waals surface area contributed by atoms with E-state index in [1.165, 1.54) is 55.6 Å². The fraction of sp³-hybridized carbons (Fsp3) is 0.0851. The molecule has 0 saturated heterocycles. The minimum Gasteiger partial charge on any atom is -0.292 e. The topological polar surface area (TPSA) is 17.8 Å². The van der Waals surface area contributed by atoms with Crippen LogP contribution in [-0.2, 0) is 10.8 Å². The molecule has 0 unspecified atom stereocenters. The summed E-state index contributed by atoms with van der Waals surface area (Å²) in [4.78, 5) is 5.11. The van der Waals surface area contributed by atoms with Gasteiger partial charge >= 0.3 is 0 Å². The number of nitrogens with zero attached hydrogens (tertiary/aromatic N) is 2. The molecule has 7 aromatic carbocycles. The van der Waals surface area contributed by atoms with Gasteiger partial charge in [0.2, 0.25) is 0 Å². The summed E-state index contributed by atoms with van der Waals surface area (Å²) in [5, 5.41) is 0. The molecule has 49 heavy (non-hydrogen) atoms. The molecule has 0 bridgehead atoms. The molecule has 2 heteroatoms. The van der Waals surface area contributed by atoms with Gasteiger partial charge in [-0.1, -0.05) is 153 Å². The lowest BCUT2D eigenvalue weighted by atomic mass is 9.55. The van der Waals surface area contributed by atoms with Crippen LogP contribution in [0.3, 0.4) is 0 Å². The monoisotopic (exact) mass is 626 g/mol. The van der Waals surface area contributed by atoms with Gasteiger partial charge in [0, 0.05) is 16.7 Å². The van der Waals surface area contributed by atoms with Gasteiger partial charge in [0.1, 0.15) is 5.82 Å². The molecule has 0 amide bonds. The molecule has 0 N–H and O–H groups in total. The van der Waals surface area contributed by atoms with Crippen LogP contribution >= 0.6 is 0 Å². The van der Waals surface area contributed by atoms with Crippen LogP contribution in [0, 0.1) is 0 Å². The molecule has 0 saturated carbocycles. The Bertz CT molecular complexity index is 2520. The first-order valence-electron chi connectivity index (χ1n) is 17.1. The summed E-state index contributed by atoms with van der Waals surface area (Å²) in [6, 6.07) is 62.3. The number of rotatable bonds is 3. The lowest BCUT2D eigenvalue weighted by Gasteiger charge is -2.46. The predicted molar refractivity (Wildman–Crippen MR) is 201 cm³/mol. The van der Waals surface area contributed by atoms with Gasteiger partial charge in [0.05, 0.1) is 16.4 Å². The second-order valence-electron chi connectivity index (χ2n) is 13.9. The third-order valence-electron chi connectivity index (χ3n) is 11.1. The third kappa shape index (κ3) is 3.80. The van der Waals surface area contributed by atoms with Gasteiger partial charge in [-0.2, -0.15) is 0 Å². The molecule has 2 aliphatic carbocycles. The molecule has 0 atom stereocenters. The molecule has 0 fully saturated rings. The second kappa shape index (κ2) is 10.3. The van der Waals surface area contributed by atoms with Gasteiger partial charge in [-0.25, -0.2) is 4.98 Å². The number of hydrogen-bond donors (Lipinski definition) is 0. The zero-order valence-electron chi connectivity index (χ0n) is 27.6. The summed E-state index contributed by atoms with van der Waals surface area (Å²) in [5.74, 6) is 0.945. The molecular formula is C47H34N2. The summed E-state index contributed by atoms with van der Waals surface area (Å²) < 4.78 is 2.26. The Morgan fingerprint density at radius 1 is 0.429 bits per heavy atom. The number of benzene rings is 7. The van der Waals surface area contributed by atoms with Crippen molar-refractivity contribution in [1.29, 1.82) is 0 Å². The average Bonchev–Trinajstić information content (AvgIpc) is 3.69. The second-order valence-corrected chi connectivity index (χ2v) is 13.9. The lowest BCUT2D eigenvalue weighted by molar-refractivity contribution is 0.563. The number of para-hydroxylation sites is 3. The van der Waals surface area contributed by atoms with Crippen LogP contribution in [-0.4, -0.2) is 9.55 Å². The Morgan fingerprint density at radius 3 is 1.67 bits per heavy atom. The quantitative estimate of drug-likeness (QED) is 0.191. The lowest BCUT2D eigenvalue weighted by Crippen LogP contribution is -2.40. The van der Waals surface area contributed by atoms with Gasteiger partial charge in [-0.05, 0) is 86.0 Å². The normalized spacial score (nSPS) is 14.7. The van der Waals surface area contributed by atoms with Crippen molar-refractivity contribution in [2.75, 3.05) is 0 Å². The molecule has 0 aliphatic heterocycles. The molecule has 1 heterocycles. The molecule has 0 radical (unpaired) electrons. The molecule has 232 valence electrons. The highest BCUT2D eigenvalue weighted by Crippen LogP contribution is 2.62. The SMILES string of the molecule is CC1(C)c2ccccc2C2(c3ccccc3-c3ccc(-c4ccc(-c5nc6ccccc6n5-c5ccccc5)cc4)cc32)c2ccccc21. The fourth-order valence-electron chi connectivity index (χ4n) is 8.91. The van der Waals surface area contributed by atoms with Crippen molar-refractivity contribution in [1.82, 2.24) is 9.55 Å². The Morgan fingerprint density at radius 2 is 0.959 bits per heavy atom. The minimum absolute atomic E-state index is 0.111. The van der Waals surface area contributed by atoms with Crippen molar-refractivity contribution in [2.24, 2.45) is 0 Å². The summed E-state index contributed by atoms with van der Waals surface area (Å²) in [7, 11) is 0. The highest BCUT2D eigenvalue weighted by Gasteiger charge is 2.53. The van der Waals surface area contributed by atoms with Crippen LogP contribution in [0.1, 0.15) is 47.2 Å². The van der Waals surface area contributed by atoms with E-state index in [2.05, 4.69) is 188 Å². The molecule has 1 spiro atoms. The molecule has 10 rings (SSSR count). The van der Waals surface area contributed by atoms with E-state index < -0.39 is 5.41 Å². The number of fused-ring (bicyclic) bond motifs is 10. The highest BCUT2D eigenvalue weighted by atomic mass is 15.1. The van der Waals surface area contributed by atoms with Crippen LogP contribution in [0.15, 0.2) is 170 Å². The van der Waals surface area contributed by atoms with E-state index in [0.29, 0.717) is 0 Å². The van der Waals surface area contributed by atoms with E-state index in [0.717, 1.165) is 28.1 Å². The van der Waals surface area contributed by atoms with E-state index in [1.807, 2.05) is 0 Å². The van der Waals surface area contributed by atoms with E-state index in [4.69, 9.17) is 4.98 Å². The van der Waals surface area contributed by atoms with Crippen molar-refractivity contribution in [3.8, 4) is 39.3 Å². The van der Waals surface area contributed by atoms with Crippen molar-refractivity contribution in [3.63, 3.8) is 0 Å². The first-order valence-corrected chi connectivity index (χ1v) is 17.1. The summed E-state index contributed by atoms with van der Waals surface area (Å²) in [5.41, 5.74) is 17.1. The zero-order valence-corrected chi connectivity index (χ0v) is 27.6. The Kier molecular flexibility index (Phi) is 5.87. The number of imidazole rings is 1. The zero-order chi connectivity index (χ0) is 32.7.